The standard InChI is InChI=1S/C18H16F3NO5S2/c1-3-29(26,27)15-10-11(17(24)25)4-9-14(15)16(23)22(2)12-5-7-13(8-6-12)28-18(19,20)21/h4-10H,3H2,1-2H3,(H,24,25). The number of carboxylic acid groups (broad SMARTS) is 1. The van der Waals surface area contributed by atoms with Gasteiger partial charge in [0.2, 0.25) is 0 Å². The molecule has 0 spiro atoms. The molecule has 2 rings (SSSR count). The molecule has 6 nitrogen and oxygen atoms in total. The van der Waals surface area contributed by atoms with E-state index < -0.39 is 32.1 Å². The Hall–Kier alpha value is -2.53. The molecule has 11 heteroatoms. The SMILES string of the molecule is CCS(=O)(=O)c1cc(C(=O)O)ccc1C(=O)N(C)c1ccc(SC(F)(F)F)cc1. The lowest BCUT2D eigenvalue weighted by Gasteiger charge is -2.20. The number of benzene rings is 2. The number of carbonyl (C=O) groups excluding carboxylic acids is 1. The Morgan fingerprint density at radius 2 is 1.69 bits per heavy atom. The minimum atomic E-state index is -4.45. The summed E-state index contributed by atoms with van der Waals surface area (Å²) in [5.41, 5.74) is -4.72. The number of carbonyl (C=O) groups is 2. The first kappa shape index (κ1) is 22.8. The van der Waals surface area contributed by atoms with Gasteiger partial charge in [-0.1, -0.05) is 6.92 Å². The van der Waals surface area contributed by atoms with Crippen molar-refractivity contribution in [2.24, 2.45) is 0 Å². The number of aromatic carboxylic acids is 1. The molecular formula is C18H16F3NO5S2. The van der Waals surface area contributed by atoms with E-state index in [0.717, 1.165) is 23.1 Å². The van der Waals surface area contributed by atoms with Gasteiger partial charge in [0.15, 0.2) is 9.84 Å². The maximum Gasteiger partial charge on any atom is 0.446 e. The Labute approximate surface area is 169 Å². The molecule has 0 aliphatic heterocycles. The number of amides is 1. The number of thioether (sulfide) groups is 1. The molecule has 1 amide bonds. The first-order valence-electron chi connectivity index (χ1n) is 8.09. The van der Waals surface area contributed by atoms with E-state index in [2.05, 4.69) is 0 Å². The largest absolute Gasteiger partial charge is 0.478 e. The summed E-state index contributed by atoms with van der Waals surface area (Å²) in [6.07, 6.45) is 0. The van der Waals surface area contributed by atoms with Crippen LogP contribution in [0.15, 0.2) is 52.3 Å². The molecule has 1 N–H and O–H groups in total. The van der Waals surface area contributed by atoms with Gasteiger partial charge in [0.1, 0.15) is 0 Å². The zero-order chi connectivity index (χ0) is 22.0. The number of carboxylic acids is 1. The van der Waals surface area contributed by atoms with Crippen LogP contribution < -0.4 is 4.90 Å². The molecule has 2 aromatic carbocycles. The molecule has 156 valence electrons. The summed E-state index contributed by atoms with van der Waals surface area (Å²) in [5, 5.41) is 9.10. The van der Waals surface area contributed by atoms with Crippen molar-refractivity contribution in [2.45, 2.75) is 22.2 Å². The number of halogens is 3. The van der Waals surface area contributed by atoms with Crippen molar-refractivity contribution in [3.63, 3.8) is 0 Å². The van der Waals surface area contributed by atoms with Gasteiger partial charge >= 0.3 is 11.5 Å². The predicted octanol–water partition coefficient (Wildman–Crippen LogP) is 4.07. The van der Waals surface area contributed by atoms with Gasteiger partial charge in [0.25, 0.3) is 5.91 Å². The molecule has 0 radical (unpaired) electrons. The Bertz CT molecular complexity index is 1030. The van der Waals surface area contributed by atoms with Gasteiger partial charge in [-0.3, -0.25) is 4.79 Å². The molecule has 0 aliphatic carbocycles. The Morgan fingerprint density at radius 1 is 1.10 bits per heavy atom. The van der Waals surface area contributed by atoms with Crippen LogP contribution in [0.25, 0.3) is 0 Å². The van der Waals surface area contributed by atoms with E-state index >= 15 is 0 Å². The summed E-state index contributed by atoms with van der Waals surface area (Å²) >= 11 is -0.299. The number of sulfone groups is 1. The van der Waals surface area contributed by atoms with Crippen molar-refractivity contribution < 1.29 is 36.3 Å². The molecule has 0 heterocycles. The zero-order valence-electron chi connectivity index (χ0n) is 15.2. The molecule has 0 fully saturated rings. The van der Waals surface area contributed by atoms with Gasteiger partial charge in [-0.15, -0.1) is 0 Å². The second-order valence-electron chi connectivity index (χ2n) is 5.83. The second-order valence-corrected chi connectivity index (χ2v) is 9.21. The fourth-order valence-corrected chi connectivity index (χ4v) is 4.06. The molecular weight excluding hydrogens is 431 g/mol. The topological polar surface area (TPSA) is 91.7 Å². The van der Waals surface area contributed by atoms with Crippen molar-refractivity contribution in [1.29, 1.82) is 0 Å². The Balaban J connectivity index is 2.42. The monoisotopic (exact) mass is 447 g/mol. The summed E-state index contributed by atoms with van der Waals surface area (Å²) in [7, 11) is -2.58. The van der Waals surface area contributed by atoms with Gasteiger partial charge in [-0.05, 0) is 54.2 Å². The highest BCUT2D eigenvalue weighted by Crippen LogP contribution is 2.37. The van der Waals surface area contributed by atoms with Crippen LogP contribution in [0.4, 0.5) is 18.9 Å². The van der Waals surface area contributed by atoms with E-state index in [0.29, 0.717) is 0 Å². The molecule has 0 aliphatic rings. The fraction of sp³-hybridized carbons (Fsp3) is 0.222. The van der Waals surface area contributed by atoms with Crippen molar-refractivity contribution in [1.82, 2.24) is 0 Å². The number of rotatable bonds is 6. The number of anilines is 1. The average molecular weight is 447 g/mol. The number of hydrogen-bond donors (Lipinski definition) is 1. The third-order valence-electron chi connectivity index (χ3n) is 3.94. The lowest BCUT2D eigenvalue weighted by atomic mass is 10.1. The normalized spacial score (nSPS) is 11.9. The summed E-state index contributed by atoms with van der Waals surface area (Å²) in [5.74, 6) is -2.43. The van der Waals surface area contributed by atoms with Gasteiger partial charge in [-0.25, -0.2) is 13.2 Å². The van der Waals surface area contributed by atoms with Crippen molar-refractivity contribution in [2.75, 3.05) is 17.7 Å². The zero-order valence-corrected chi connectivity index (χ0v) is 16.9. The van der Waals surface area contributed by atoms with Crippen LogP contribution in [0, 0.1) is 0 Å². The van der Waals surface area contributed by atoms with E-state index in [-0.39, 0.29) is 39.2 Å². The minimum Gasteiger partial charge on any atom is -0.478 e. The number of hydrogen-bond acceptors (Lipinski definition) is 5. The van der Waals surface area contributed by atoms with Gasteiger partial charge in [0, 0.05) is 17.6 Å². The average Bonchev–Trinajstić information content (AvgIpc) is 2.65. The van der Waals surface area contributed by atoms with Crippen molar-refractivity contribution in [3.8, 4) is 0 Å². The fourth-order valence-electron chi connectivity index (χ4n) is 2.41. The van der Waals surface area contributed by atoms with E-state index in [1.54, 1.807) is 0 Å². The maximum atomic E-state index is 12.9. The quantitative estimate of drug-likeness (QED) is 0.672. The van der Waals surface area contributed by atoms with Crippen LogP contribution in [0.5, 0.6) is 0 Å². The summed E-state index contributed by atoms with van der Waals surface area (Å²) in [6, 6.07) is 8.12. The van der Waals surface area contributed by atoms with Crippen LogP contribution in [-0.4, -0.2) is 43.7 Å². The van der Waals surface area contributed by atoms with E-state index in [1.165, 1.54) is 38.2 Å². The summed E-state index contributed by atoms with van der Waals surface area (Å²) < 4.78 is 62.0. The first-order chi connectivity index (χ1) is 13.4. The summed E-state index contributed by atoms with van der Waals surface area (Å²) in [4.78, 5) is 24.6. The number of alkyl halides is 3. The van der Waals surface area contributed by atoms with Crippen molar-refractivity contribution in [3.05, 3.63) is 53.6 Å². The molecule has 0 bridgehead atoms. The van der Waals surface area contributed by atoms with E-state index in [9.17, 15) is 31.2 Å². The maximum absolute atomic E-state index is 12.9. The van der Waals surface area contributed by atoms with Crippen LogP contribution in [-0.2, 0) is 9.84 Å². The lowest BCUT2D eigenvalue weighted by molar-refractivity contribution is -0.0328. The van der Waals surface area contributed by atoms with E-state index in [4.69, 9.17) is 5.11 Å². The molecule has 29 heavy (non-hydrogen) atoms. The number of nitrogens with zero attached hydrogens (tertiary/aromatic N) is 1. The van der Waals surface area contributed by atoms with Crippen LogP contribution in [0.3, 0.4) is 0 Å². The van der Waals surface area contributed by atoms with Crippen molar-refractivity contribution >= 4 is 39.2 Å². The predicted molar refractivity (Wildman–Crippen MR) is 102 cm³/mol. The highest BCUT2D eigenvalue weighted by Gasteiger charge is 2.29. The molecule has 2 aromatic rings. The van der Waals surface area contributed by atoms with Gasteiger partial charge in [-0.2, -0.15) is 13.2 Å². The lowest BCUT2D eigenvalue weighted by Crippen LogP contribution is -2.28. The van der Waals surface area contributed by atoms with Gasteiger partial charge in [0.05, 0.1) is 21.8 Å². The van der Waals surface area contributed by atoms with Crippen LogP contribution in [0.1, 0.15) is 27.6 Å². The third-order valence-corrected chi connectivity index (χ3v) is 6.44. The van der Waals surface area contributed by atoms with Gasteiger partial charge < -0.3 is 10.0 Å². The molecule has 0 unspecified atom stereocenters. The smallest absolute Gasteiger partial charge is 0.446 e. The Kier molecular flexibility index (Phi) is 6.63. The van der Waals surface area contributed by atoms with E-state index in [1.807, 2.05) is 0 Å². The molecule has 0 aromatic heterocycles. The highest BCUT2D eigenvalue weighted by molar-refractivity contribution is 8.00. The van der Waals surface area contributed by atoms with Crippen LogP contribution in [0.2, 0.25) is 0 Å². The molecule has 0 saturated carbocycles. The highest BCUT2D eigenvalue weighted by atomic mass is 32.2. The summed E-state index contributed by atoms with van der Waals surface area (Å²) in [6.45, 7) is 1.36. The first-order valence-corrected chi connectivity index (χ1v) is 10.6. The Morgan fingerprint density at radius 3 is 2.17 bits per heavy atom. The molecule has 0 atom stereocenters. The molecule has 0 saturated heterocycles. The second kappa shape index (κ2) is 8.46. The minimum absolute atomic E-state index is 0.0674. The third kappa shape index (κ3) is 5.51. The van der Waals surface area contributed by atoms with Crippen LogP contribution >= 0.6 is 11.8 Å².